The Kier molecular flexibility index (Phi) is 4.90. The number of methoxy groups -OCH3 is 1. The van der Waals surface area contributed by atoms with Gasteiger partial charge in [0.1, 0.15) is 0 Å². The zero-order valence-corrected chi connectivity index (χ0v) is 7.05. The van der Waals surface area contributed by atoms with Crippen molar-refractivity contribution in [3.63, 3.8) is 0 Å². The molecule has 1 aromatic rings. The first-order chi connectivity index (χ1) is 5.34. The van der Waals surface area contributed by atoms with E-state index in [1.165, 1.54) is 7.11 Å². The van der Waals surface area contributed by atoms with Crippen molar-refractivity contribution in [2.75, 3.05) is 7.11 Å². The lowest BCUT2D eigenvalue weighted by Crippen LogP contribution is -2.06. The molecule has 1 heterocycles. The summed E-state index contributed by atoms with van der Waals surface area (Å²) in [6, 6.07) is 3.32. The number of nitrogens with one attached hydrogen (secondary N) is 1. The van der Waals surface area contributed by atoms with Gasteiger partial charge in [-0.3, -0.25) is 4.79 Å². The summed E-state index contributed by atoms with van der Waals surface area (Å²) >= 11 is 0. The summed E-state index contributed by atoms with van der Waals surface area (Å²) in [5, 5.41) is 0. The molecular formula is C8H13NO2. The van der Waals surface area contributed by atoms with Crippen LogP contribution < -0.4 is 10.3 Å². The van der Waals surface area contributed by atoms with E-state index in [1.54, 1.807) is 18.3 Å². The van der Waals surface area contributed by atoms with Gasteiger partial charge in [-0.25, -0.2) is 0 Å². The van der Waals surface area contributed by atoms with Crippen LogP contribution in [0, 0.1) is 0 Å². The lowest BCUT2D eigenvalue weighted by molar-refractivity contribution is 0.408. The average molecular weight is 155 g/mol. The smallest absolute Gasteiger partial charge is 0.290 e. The molecule has 0 fully saturated rings. The topological polar surface area (TPSA) is 42.1 Å². The average Bonchev–Trinajstić information content (AvgIpc) is 2.09. The molecule has 0 atom stereocenters. The molecule has 0 saturated heterocycles. The van der Waals surface area contributed by atoms with Crippen molar-refractivity contribution in [3.8, 4) is 5.75 Å². The van der Waals surface area contributed by atoms with Crippen molar-refractivity contribution >= 4 is 0 Å². The van der Waals surface area contributed by atoms with E-state index in [0.29, 0.717) is 5.75 Å². The summed E-state index contributed by atoms with van der Waals surface area (Å²) in [6.45, 7) is 4.00. The Labute approximate surface area is 66.0 Å². The minimum absolute atomic E-state index is 0.194. The normalized spacial score (nSPS) is 7.91. The summed E-state index contributed by atoms with van der Waals surface area (Å²) < 4.78 is 4.70. The van der Waals surface area contributed by atoms with Crippen LogP contribution in [0.15, 0.2) is 23.1 Å². The van der Waals surface area contributed by atoms with Gasteiger partial charge in [0, 0.05) is 6.20 Å². The summed E-state index contributed by atoms with van der Waals surface area (Å²) in [6.07, 6.45) is 1.56. The first-order valence-corrected chi connectivity index (χ1v) is 3.56. The number of hydrogen-bond acceptors (Lipinski definition) is 2. The third kappa shape index (κ3) is 2.89. The minimum Gasteiger partial charge on any atom is -0.491 e. The molecule has 0 aliphatic carbocycles. The molecule has 3 nitrogen and oxygen atoms in total. The largest absolute Gasteiger partial charge is 0.491 e. The van der Waals surface area contributed by atoms with E-state index in [4.69, 9.17) is 4.74 Å². The van der Waals surface area contributed by atoms with Crippen LogP contribution in [0.25, 0.3) is 0 Å². The molecule has 11 heavy (non-hydrogen) atoms. The zero-order valence-electron chi connectivity index (χ0n) is 7.05. The van der Waals surface area contributed by atoms with Crippen LogP contribution in [0.5, 0.6) is 5.75 Å². The molecule has 0 aliphatic rings. The lowest BCUT2D eigenvalue weighted by Gasteiger charge is -1.93. The van der Waals surface area contributed by atoms with E-state index in [1.807, 2.05) is 13.8 Å². The van der Waals surface area contributed by atoms with Crippen LogP contribution in [-0.2, 0) is 0 Å². The molecule has 3 heteroatoms. The number of hydrogen-bond donors (Lipinski definition) is 1. The number of aromatic nitrogens is 1. The van der Waals surface area contributed by atoms with E-state index >= 15 is 0 Å². The van der Waals surface area contributed by atoms with Crippen LogP contribution in [0.1, 0.15) is 13.8 Å². The van der Waals surface area contributed by atoms with Gasteiger partial charge in [0.15, 0.2) is 5.75 Å². The molecule has 0 aromatic carbocycles. The van der Waals surface area contributed by atoms with Gasteiger partial charge in [0.25, 0.3) is 5.56 Å². The van der Waals surface area contributed by atoms with Crippen molar-refractivity contribution in [1.29, 1.82) is 0 Å². The first-order valence-electron chi connectivity index (χ1n) is 3.56. The Morgan fingerprint density at radius 2 is 2.09 bits per heavy atom. The van der Waals surface area contributed by atoms with E-state index in [-0.39, 0.29) is 5.56 Å². The van der Waals surface area contributed by atoms with Gasteiger partial charge in [-0.05, 0) is 12.1 Å². The monoisotopic (exact) mass is 155 g/mol. The maximum Gasteiger partial charge on any atom is 0.290 e. The third-order valence-corrected chi connectivity index (χ3v) is 1.00. The van der Waals surface area contributed by atoms with Crippen LogP contribution in [-0.4, -0.2) is 12.1 Å². The molecule has 0 aliphatic heterocycles. The third-order valence-electron chi connectivity index (χ3n) is 1.00. The van der Waals surface area contributed by atoms with Crippen molar-refractivity contribution in [3.05, 3.63) is 28.7 Å². The van der Waals surface area contributed by atoms with E-state index in [9.17, 15) is 4.79 Å². The van der Waals surface area contributed by atoms with Crippen molar-refractivity contribution in [1.82, 2.24) is 4.98 Å². The molecule has 1 N–H and O–H groups in total. The predicted molar refractivity (Wildman–Crippen MR) is 45.0 cm³/mol. The van der Waals surface area contributed by atoms with Crippen LogP contribution in [0.2, 0.25) is 0 Å². The molecular weight excluding hydrogens is 142 g/mol. The summed E-state index contributed by atoms with van der Waals surface area (Å²) in [5.74, 6) is 0.345. The maximum absolute atomic E-state index is 10.7. The van der Waals surface area contributed by atoms with Gasteiger partial charge in [-0.2, -0.15) is 0 Å². The van der Waals surface area contributed by atoms with Gasteiger partial charge < -0.3 is 9.72 Å². The van der Waals surface area contributed by atoms with Gasteiger partial charge in [-0.15, -0.1) is 0 Å². The van der Waals surface area contributed by atoms with Crippen molar-refractivity contribution in [2.45, 2.75) is 13.8 Å². The van der Waals surface area contributed by atoms with Crippen molar-refractivity contribution in [2.24, 2.45) is 0 Å². The highest BCUT2D eigenvalue weighted by Crippen LogP contribution is 1.95. The van der Waals surface area contributed by atoms with Crippen LogP contribution in [0.3, 0.4) is 0 Å². The predicted octanol–water partition coefficient (Wildman–Crippen LogP) is 1.41. The van der Waals surface area contributed by atoms with Crippen LogP contribution in [0.4, 0.5) is 0 Å². The Bertz CT molecular complexity index is 242. The maximum atomic E-state index is 10.7. The second-order valence-corrected chi connectivity index (χ2v) is 1.57. The molecule has 0 spiro atoms. The fraction of sp³-hybridized carbons (Fsp3) is 0.375. The second kappa shape index (κ2) is 5.53. The minimum atomic E-state index is -0.194. The number of aromatic amines is 1. The highest BCUT2D eigenvalue weighted by Gasteiger charge is 1.91. The number of H-pyrrole nitrogens is 1. The SMILES string of the molecule is CC.COc1ccc[nH]c1=O. The van der Waals surface area contributed by atoms with Gasteiger partial charge in [-0.1, -0.05) is 13.8 Å². The molecule has 0 amide bonds. The fourth-order valence-corrected chi connectivity index (χ4v) is 0.567. The summed E-state index contributed by atoms with van der Waals surface area (Å²) in [5.41, 5.74) is -0.194. The highest BCUT2D eigenvalue weighted by atomic mass is 16.5. The summed E-state index contributed by atoms with van der Waals surface area (Å²) in [7, 11) is 1.46. The number of rotatable bonds is 1. The number of ether oxygens (including phenoxy) is 1. The quantitative estimate of drug-likeness (QED) is 0.666. The molecule has 62 valence electrons. The molecule has 1 aromatic heterocycles. The van der Waals surface area contributed by atoms with E-state index < -0.39 is 0 Å². The standard InChI is InChI=1S/C6H7NO2.C2H6/c1-9-5-3-2-4-7-6(5)8;1-2/h2-4H,1H3,(H,7,8);1-2H3. The van der Waals surface area contributed by atoms with Crippen LogP contribution >= 0.6 is 0 Å². The summed E-state index contributed by atoms with van der Waals surface area (Å²) in [4.78, 5) is 13.1. The second-order valence-electron chi connectivity index (χ2n) is 1.57. The first kappa shape index (κ1) is 9.75. The molecule has 0 saturated carbocycles. The Morgan fingerprint density at radius 3 is 2.45 bits per heavy atom. The lowest BCUT2D eigenvalue weighted by atomic mass is 10.5. The van der Waals surface area contributed by atoms with Crippen molar-refractivity contribution < 1.29 is 4.74 Å². The Balaban J connectivity index is 0.000000461. The van der Waals surface area contributed by atoms with E-state index in [0.717, 1.165) is 0 Å². The molecule has 1 rings (SSSR count). The van der Waals surface area contributed by atoms with E-state index in [2.05, 4.69) is 4.98 Å². The Morgan fingerprint density at radius 1 is 1.45 bits per heavy atom. The fourth-order valence-electron chi connectivity index (χ4n) is 0.567. The highest BCUT2D eigenvalue weighted by molar-refractivity contribution is 5.15. The van der Waals surface area contributed by atoms with Gasteiger partial charge in [0.05, 0.1) is 7.11 Å². The van der Waals surface area contributed by atoms with Gasteiger partial charge in [0.2, 0.25) is 0 Å². The Hall–Kier alpha value is -1.25. The molecule has 0 bridgehead atoms. The zero-order chi connectivity index (χ0) is 8.69. The number of pyridine rings is 1. The molecule has 0 radical (unpaired) electrons. The van der Waals surface area contributed by atoms with Gasteiger partial charge >= 0.3 is 0 Å². The molecule has 0 unspecified atom stereocenters.